The molecule has 0 aliphatic carbocycles. The molecule has 1 amide bonds. The maximum atomic E-state index is 12.7. The molecule has 0 heterocycles. The van der Waals surface area contributed by atoms with Gasteiger partial charge in [-0.1, -0.05) is 32.6 Å². The molecule has 2 rings (SSSR count). The standard InChI is InChI=1S/C27H37F3N2O3/c1-4-5-8-19-31(2)20-9-6-7-10-21-34-24-17-13-23(14-18-24)32(3)26(33)35-25-15-11-22(12-16-25)27(28,29)30/h11-18H,4-10,19-21H2,1-3H3. The smallest absolute Gasteiger partial charge is 0.419 e. The van der Waals surface area contributed by atoms with Gasteiger partial charge in [0, 0.05) is 12.7 Å². The number of nitrogens with zero attached hydrogens (tertiary/aromatic N) is 2. The van der Waals surface area contributed by atoms with Gasteiger partial charge in [0.2, 0.25) is 0 Å². The number of rotatable bonds is 14. The number of benzene rings is 2. The summed E-state index contributed by atoms with van der Waals surface area (Å²) in [5.41, 5.74) is -0.219. The zero-order valence-corrected chi connectivity index (χ0v) is 20.9. The highest BCUT2D eigenvalue weighted by molar-refractivity contribution is 5.88. The van der Waals surface area contributed by atoms with E-state index in [4.69, 9.17) is 9.47 Å². The van der Waals surface area contributed by atoms with Crippen LogP contribution in [0.4, 0.5) is 23.7 Å². The van der Waals surface area contributed by atoms with Gasteiger partial charge in [-0.2, -0.15) is 13.2 Å². The molecule has 2 aromatic carbocycles. The molecule has 2 aromatic rings. The summed E-state index contributed by atoms with van der Waals surface area (Å²) in [6.45, 7) is 5.17. The summed E-state index contributed by atoms with van der Waals surface area (Å²) >= 11 is 0. The van der Waals surface area contributed by atoms with Crippen LogP contribution in [0.1, 0.15) is 57.4 Å². The van der Waals surface area contributed by atoms with Crippen LogP contribution in [0.15, 0.2) is 48.5 Å². The summed E-state index contributed by atoms with van der Waals surface area (Å²) in [6, 6.07) is 11.0. The molecule has 0 spiro atoms. The van der Waals surface area contributed by atoms with Gasteiger partial charge >= 0.3 is 12.3 Å². The van der Waals surface area contributed by atoms with E-state index in [0.29, 0.717) is 18.0 Å². The number of hydrogen-bond donors (Lipinski definition) is 0. The highest BCUT2D eigenvalue weighted by Gasteiger charge is 2.30. The van der Waals surface area contributed by atoms with Crippen molar-refractivity contribution in [1.29, 1.82) is 0 Å². The molecule has 35 heavy (non-hydrogen) atoms. The Morgan fingerprint density at radius 3 is 1.97 bits per heavy atom. The summed E-state index contributed by atoms with van der Waals surface area (Å²) in [6.07, 6.45) is 3.19. The van der Waals surface area contributed by atoms with E-state index < -0.39 is 17.8 Å². The Balaban J connectivity index is 1.67. The Bertz CT molecular complexity index is 871. The molecule has 8 heteroatoms. The molecule has 0 fully saturated rings. The zero-order chi connectivity index (χ0) is 25.7. The molecule has 0 aromatic heterocycles. The van der Waals surface area contributed by atoms with Gasteiger partial charge in [-0.25, -0.2) is 4.79 Å². The lowest BCUT2D eigenvalue weighted by atomic mass is 10.2. The van der Waals surface area contributed by atoms with E-state index in [1.807, 2.05) is 0 Å². The van der Waals surface area contributed by atoms with Crippen molar-refractivity contribution in [1.82, 2.24) is 4.90 Å². The molecule has 0 unspecified atom stereocenters. The fraction of sp³-hybridized carbons (Fsp3) is 0.519. The molecule has 0 N–H and O–H groups in total. The lowest BCUT2D eigenvalue weighted by Gasteiger charge is -2.17. The van der Waals surface area contributed by atoms with E-state index in [-0.39, 0.29) is 5.75 Å². The van der Waals surface area contributed by atoms with Crippen molar-refractivity contribution >= 4 is 11.8 Å². The lowest BCUT2D eigenvalue weighted by molar-refractivity contribution is -0.137. The third kappa shape index (κ3) is 10.6. The van der Waals surface area contributed by atoms with E-state index in [1.54, 1.807) is 24.3 Å². The fourth-order valence-corrected chi connectivity index (χ4v) is 3.52. The zero-order valence-electron chi connectivity index (χ0n) is 20.9. The predicted octanol–water partition coefficient (Wildman–Crippen LogP) is 7.40. The lowest BCUT2D eigenvalue weighted by Crippen LogP contribution is -2.29. The Morgan fingerprint density at radius 2 is 1.37 bits per heavy atom. The fourth-order valence-electron chi connectivity index (χ4n) is 3.52. The summed E-state index contributed by atoms with van der Waals surface area (Å²) in [5, 5.41) is 0. The molecule has 5 nitrogen and oxygen atoms in total. The molecule has 0 saturated heterocycles. The van der Waals surface area contributed by atoms with Crippen LogP contribution in [0.3, 0.4) is 0 Å². The monoisotopic (exact) mass is 494 g/mol. The SMILES string of the molecule is CCCCCN(C)CCCCCCOc1ccc(N(C)C(=O)Oc2ccc(C(F)(F)F)cc2)cc1. The minimum Gasteiger partial charge on any atom is -0.494 e. The second-order valence-corrected chi connectivity index (χ2v) is 8.72. The van der Waals surface area contributed by atoms with E-state index in [0.717, 1.165) is 43.7 Å². The molecular formula is C27H37F3N2O3. The second-order valence-electron chi connectivity index (χ2n) is 8.72. The molecule has 0 atom stereocenters. The first kappa shape index (κ1) is 28.5. The minimum absolute atomic E-state index is 0.0398. The van der Waals surface area contributed by atoms with Crippen molar-refractivity contribution in [2.24, 2.45) is 0 Å². The summed E-state index contributed by atoms with van der Waals surface area (Å²) in [5.74, 6) is 0.756. The van der Waals surface area contributed by atoms with Gasteiger partial charge in [-0.05, 0) is 87.9 Å². The highest BCUT2D eigenvalue weighted by Crippen LogP contribution is 2.30. The maximum Gasteiger partial charge on any atom is 0.419 e. The number of ether oxygens (including phenoxy) is 2. The first-order valence-corrected chi connectivity index (χ1v) is 12.2. The van der Waals surface area contributed by atoms with Crippen molar-refractivity contribution in [3.05, 3.63) is 54.1 Å². The maximum absolute atomic E-state index is 12.7. The normalized spacial score (nSPS) is 11.5. The van der Waals surface area contributed by atoms with Crippen LogP contribution in [0.25, 0.3) is 0 Å². The van der Waals surface area contributed by atoms with Crippen LogP contribution in [-0.4, -0.2) is 44.8 Å². The van der Waals surface area contributed by atoms with E-state index in [9.17, 15) is 18.0 Å². The number of anilines is 1. The summed E-state index contributed by atoms with van der Waals surface area (Å²) in [4.78, 5) is 16.0. The van der Waals surface area contributed by atoms with Gasteiger partial charge in [-0.15, -0.1) is 0 Å². The number of unbranched alkanes of at least 4 members (excludes halogenated alkanes) is 5. The number of amides is 1. The van der Waals surface area contributed by atoms with E-state index in [2.05, 4.69) is 18.9 Å². The largest absolute Gasteiger partial charge is 0.494 e. The van der Waals surface area contributed by atoms with Gasteiger partial charge in [0.1, 0.15) is 11.5 Å². The van der Waals surface area contributed by atoms with Gasteiger partial charge in [0.15, 0.2) is 0 Å². The molecule has 0 aliphatic rings. The molecule has 0 radical (unpaired) electrons. The van der Waals surface area contributed by atoms with Gasteiger partial charge in [0.25, 0.3) is 0 Å². The Hall–Kier alpha value is -2.74. The first-order valence-electron chi connectivity index (χ1n) is 12.2. The molecule has 0 bridgehead atoms. The first-order chi connectivity index (χ1) is 16.7. The van der Waals surface area contributed by atoms with Crippen LogP contribution >= 0.6 is 0 Å². The number of halogens is 3. The van der Waals surface area contributed by atoms with Gasteiger partial charge in [-0.3, -0.25) is 4.90 Å². The summed E-state index contributed by atoms with van der Waals surface area (Å²) in [7, 11) is 3.72. The van der Waals surface area contributed by atoms with E-state index in [1.165, 1.54) is 50.6 Å². The Labute approximate surface area is 206 Å². The van der Waals surface area contributed by atoms with Gasteiger partial charge < -0.3 is 14.4 Å². The third-order valence-corrected chi connectivity index (χ3v) is 5.73. The Kier molecular flexibility index (Phi) is 11.9. The minimum atomic E-state index is -4.44. The van der Waals surface area contributed by atoms with Crippen LogP contribution in [-0.2, 0) is 6.18 Å². The topological polar surface area (TPSA) is 42.0 Å². The van der Waals surface area contributed by atoms with Crippen molar-refractivity contribution in [3.63, 3.8) is 0 Å². The highest BCUT2D eigenvalue weighted by atomic mass is 19.4. The number of carbonyl (C=O) groups is 1. The van der Waals surface area contributed by atoms with Crippen LogP contribution in [0.2, 0.25) is 0 Å². The molecular weight excluding hydrogens is 457 g/mol. The summed E-state index contributed by atoms with van der Waals surface area (Å²) < 4.78 is 48.9. The quantitative estimate of drug-likeness (QED) is 0.257. The molecule has 194 valence electrons. The van der Waals surface area contributed by atoms with Crippen LogP contribution < -0.4 is 14.4 Å². The predicted molar refractivity (Wildman–Crippen MR) is 133 cm³/mol. The van der Waals surface area contributed by atoms with Gasteiger partial charge in [0.05, 0.1) is 12.2 Å². The number of carbonyl (C=O) groups excluding carboxylic acids is 1. The Morgan fingerprint density at radius 1 is 0.800 bits per heavy atom. The third-order valence-electron chi connectivity index (χ3n) is 5.73. The van der Waals surface area contributed by atoms with Crippen molar-refractivity contribution < 1.29 is 27.4 Å². The van der Waals surface area contributed by atoms with Crippen LogP contribution in [0, 0.1) is 0 Å². The molecule has 0 aliphatic heterocycles. The molecule has 0 saturated carbocycles. The average Bonchev–Trinajstić information content (AvgIpc) is 2.83. The van der Waals surface area contributed by atoms with Crippen LogP contribution in [0.5, 0.6) is 11.5 Å². The van der Waals surface area contributed by atoms with Crippen molar-refractivity contribution in [3.8, 4) is 11.5 Å². The van der Waals surface area contributed by atoms with Crippen molar-refractivity contribution in [2.45, 2.75) is 58.0 Å². The van der Waals surface area contributed by atoms with Crippen molar-refractivity contribution in [2.75, 3.05) is 38.7 Å². The number of alkyl halides is 3. The second kappa shape index (κ2) is 14.6. The average molecular weight is 495 g/mol. The van der Waals surface area contributed by atoms with E-state index >= 15 is 0 Å². The number of hydrogen-bond acceptors (Lipinski definition) is 4.